The van der Waals surface area contributed by atoms with Crippen molar-refractivity contribution < 1.29 is 9.72 Å². The third-order valence-electron chi connectivity index (χ3n) is 3.33. The Labute approximate surface area is 144 Å². The minimum atomic E-state index is -0.629. The molecule has 0 saturated carbocycles. The molecule has 0 saturated heterocycles. The summed E-state index contributed by atoms with van der Waals surface area (Å²) >= 11 is 0. The van der Waals surface area contributed by atoms with E-state index in [4.69, 9.17) is 5.26 Å². The van der Waals surface area contributed by atoms with Crippen LogP contribution in [0.4, 0.5) is 11.4 Å². The van der Waals surface area contributed by atoms with E-state index in [9.17, 15) is 14.9 Å². The first-order chi connectivity index (χ1) is 12.1. The summed E-state index contributed by atoms with van der Waals surface area (Å²) in [5, 5.41) is 25.2. The summed E-state index contributed by atoms with van der Waals surface area (Å²) in [6.45, 7) is 0.569. The van der Waals surface area contributed by atoms with Crippen molar-refractivity contribution in [1.82, 2.24) is 5.32 Å². The van der Waals surface area contributed by atoms with Crippen LogP contribution in [0.2, 0.25) is 0 Å². The lowest BCUT2D eigenvalue weighted by atomic mass is 10.1. The number of non-ortho nitro benzene ring substituents is 1. The van der Waals surface area contributed by atoms with E-state index < -0.39 is 10.8 Å². The molecule has 0 aromatic heterocycles. The van der Waals surface area contributed by atoms with Gasteiger partial charge in [0.15, 0.2) is 0 Å². The minimum Gasteiger partial charge on any atom is -0.389 e. The number of carbonyl (C=O) groups excluding carboxylic acids is 1. The summed E-state index contributed by atoms with van der Waals surface area (Å²) in [6, 6.07) is 17.1. The Kier molecular flexibility index (Phi) is 6.25. The number of nitrogens with one attached hydrogen (secondary N) is 2. The van der Waals surface area contributed by atoms with Crippen LogP contribution in [0.15, 0.2) is 66.4 Å². The molecule has 0 unspecified atom stereocenters. The predicted molar refractivity (Wildman–Crippen MR) is 93.6 cm³/mol. The van der Waals surface area contributed by atoms with E-state index in [0.29, 0.717) is 6.54 Å². The molecule has 0 aliphatic carbocycles. The molecule has 2 rings (SSSR count). The summed E-state index contributed by atoms with van der Waals surface area (Å²) in [5.74, 6) is -0.629. The van der Waals surface area contributed by atoms with Gasteiger partial charge in [-0.15, -0.1) is 0 Å². The third kappa shape index (κ3) is 5.48. The van der Waals surface area contributed by atoms with Crippen molar-refractivity contribution in [3.63, 3.8) is 0 Å². The highest BCUT2D eigenvalue weighted by Gasteiger charge is 2.11. The van der Waals surface area contributed by atoms with Crippen molar-refractivity contribution >= 4 is 17.3 Å². The molecule has 7 nitrogen and oxygen atoms in total. The highest BCUT2D eigenvalue weighted by Crippen LogP contribution is 2.17. The SMILES string of the molecule is N#C/C(=C/NCCc1ccccc1)C(=O)Nc1cccc([N+](=O)[O-])c1. The summed E-state index contributed by atoms with van der Waals surface area (Å²) in [5.41, 5.74) is 1.15. The number of hydrogen-bond acceptors (Lipinski definition) is 5. The number of carbonyl (C=O) groups is 1. The van der Waals surface area contributed by atoms with Gasteiger partial charge in [-0.25, -0.2) is 0 Å². The fourth-order valence-electron chi connectivity index (χ4n) is 2.08. The second kappa shape index (κ2) is 8.84. The Morgan fingerprint density at radius 1 is 1.20 bits per heavy atom. The highest BCUT2D eigenvalue weighted by molar-refractivity contribution is 6.06. The molecule has 0 spiro atoms. The highest BCUT2D eigenvalue weighted by atomic mass is 16.6. The van der Waals surface area contributed by atoms with Gasteiger partial charge in [0.1, 0.15) is 11.6 Å². The van der Waals surface area contributed by atoms with Gasteiger partial charge in [-0.05, 0) is 18.1 Å². The van der Waals surface area contributed by atoms with Crippen LogP contribution in [0.5, 0.6) is 0 Å². The minimum absolute atomic E-state index is 0.112. The predicted octanol–water partition coefficient (Wildman–Crippen LogP) is 2.77. The van der Waals surface area contributed by atoms with Crippen molar-refractivity contribution in [3.05, 3.63) is 82.0 Å². The second-order valence-electron chi connectivity index (χ2n) is 5.12. The van der Waals surface area contributed by atoms with Crippen LogP contribution in [-0.4, -0.2) is 17.4 Å². The quantitative estimate of drug-likeness (QED) is 0.266. The fraction of sp³-hybridized carbons (Fsp3) is 0.111. The average molecular weight is 336 g/mol. The molecule has 0 fully saturated rings. The first kappa shape index (κ1) is 17.7. The lowest BCUT2D eigenvalue weighted by molar-refractivity contribution is -0.384. The van der Waals surface area contributed by atoms with Gasteiger partial charge in [0, 0.05) is 30.6 Å². The summed E-state index contributed by atoms with van der Waals surface area (Å²) in [4.78, 5) is 22.3. The van der Waals surface area contributed by atoms with Gasteiger partial charge in [0.25, 0.3) is 11.6 Å². The van der Waals surface area contributed by atoms with Gasteiger partial charge in [0.05, 0.1) is 4.92 Å². The van der Waals surface area contributed by atoms with Crippen molar-refractivity contribution in [3.8, 4) is 6.07 Å². The van der Waals surface area contributed by atoms with Crippen LogP contribution in [-0.2, 0) is 11.2 Å². The maximum absolute atomic E-state index is 12.1. The third-order valence-corrected chi connectivity index (χ3v) is 3.33. The molecule has 0 bridgehead atoms. The average Bonchev–Trinajstić information content (AvgIpc) is 2.62. The molecule has 2 aromatic carbocycles. The molecular formula is C18H16N4O3. The topological polar surface area (TPSA) is 108 Å². The van der Waals surface area contributed by atoms with Crippen LogP contribution in [0.3, 0.4) is 0 Å². The number of amides is 1. The molecule has 0 radical (unpaired) electrons. The molecule has 126 valence electrons. The monoisotopic (exact) mass is 336 g/mol. The molecule has 0 aliphatic heterocycles. The standard InChI is InChI=1S/C18H16N4O3/c19-12-15(13-20-10-9-14-5-2-1-3-6-14)18(23)21-16-7-4-8-17(11-16)22(24)25/h1-8,11,13,20H,9-10H2,(H,21,23)/b15-13-. The molecule has 1 amide bonds. The maximum atomic E-state index is 12.1. The zero-order valence-electron chi connectivity index (χ0n) is 13.3. The van der Waals surface area contributed by atoms with Crippen molar-refractivity contribution in [2.45, 2.75) is 6.42 Å². The van der Waals surface area contributed by atoms with Gasteiger partial charge in [0.2, 0.25) is 0 Å². The number of nitriles is 1. The lowest BCUT2D eigenvalue weighted by Gasteiger charge is -2.05. The van der Waals surface area contributed by atoms with Crippen molar-refractivity contribution in [2.24, 2.45) is 0 Å². The van der Waals surface area contributed by atoms with E-state index in [0.717, 1.165) is 12.0 Å². The molecule has 25 heavy (non-hydrogen) atoms. The van der Waals surface area contributed by atoms with Gasteiger partial charge in [-0.2, -0.15) is 5.26 Å². The largest absolute Gasteiger partial charge is 0.389 e. The number of nitro benzene ring substituents is 1. The Bertz CT molecular complexity index is 826. The van der Waals surface area contributed by atoms with Crippen LogP contribution in [0.1, 0.15) is 5.56 Å². The molecule has 0 aliphatic rings. The molecule has 0 atom stereocenters. The van der Waals surface area contributed by atoms with Crippen molar-refractivity contribution in [1.29, 1.82) is 5.26 Å². The summed E-state index contributed by atoms with van der Waals surface area (Å²) < 4.78 is 0. The number of hydrogen-bond donors (Lipinski definition) is 2. The molecular weight excluding hydrogens is 320 g/mol. The van der Waals surface area contributed by atoms with Crippen LogP contribution < -0.4 is 10.6 Å². The summed E-state index contributed by atoms with van der Waals surface area (Å²) in [6.07, 6.45) is 2.10. The van der Waals surface area contributed by atoms with E-state index >= 15 is 0 Å². The zero-order chi connectivity index (χ0) is 18.1. The Morgan fingerprint density at radius 3 is 2.64 bits per heavy atom. The smallest absolute Gasteiger partial charge is 0.271 e. The van der Waals surface area contributed by atoms with E-state index in [2.05, 4.69) is 10.6 Å². The number of benzene rings is 2. The number of anilines is 1. The van der Waals surface area contributed by atoms with Crippen molar-refractivity contribution in [2.75, 3.05) is 11.9 Å². The lowest BCUT2D eigenvalue weighted by Crippen LogP contribution is -2.18. The maximum Gasteiger partial charge on any atom is 0.271 e. The molecule has 2 aromatic rings. The first-order valence-electron chi connectivity index (χ1n) is 7.53. The number of nitrogens with zero attached hydrogens (tertiary/aromatic N) is 2. The Balaban J connectivity index is 1.93. The van der Waals surface area contributed by atoms with Gasteiger partial charge in [-0.3, -0.25) is 14.9 Å². The van der Waals surface area contributed by atoms with Crippen LogP contribution in [0, 0.1) is 21.4 Å². The Morgan fingerprint density at radius 2 is 1.96 bits per heavy atom. The van der Waals surface area contributed by atoms with Crippen LogP contribution >= 0.6 is 0 Å². The zero-order valence-corrected chi connectivity index (χ0v) is 13.3. The van der Waals surface area contributed by atoms with Crippen LogP contribution in [0.25, 0.3) is 0 Å². The normalized spacial score (nSPS) is 10.6. The van der Waals surface area contributed by atoms with E-state index in [1.165, 1.54) is 30.5 Å². The second-order valence-corrected chi connectivity index (χ2v) is 5.12. The Hall–Kier alpha value is -3.66. The molecule has 7 heteroatoms. The van der Waals surface area contributed by atoms with E-state index in [1.54, 1.807) is 0 Å². The first-order valence-corrected chi connectivity index (χ1v) is 7.53. The molecule has 0 heterocycles. The van der Waals surface area contributed by atoms with Gasteiger partial charge < -0.3 is 10.6 Å². The number of rotatable bonds is 7. The number of nitro groups is 1. The molecule has 2 N–H and O–H groups in total. The van der Waals surface area contributed by atoms with E-state index in [-0.39, 0.29) is 16.9 Å². The van der Waals surface area contributed by atoms with E-state index in [1.807, 2.05) is 36.4 Å². The van der Waals surface area contributed by atoms with Gasteiger partial charge in [-0.1, -0.05) is 36.4 Å². The summed E-state index contributed by atoms with van der Waals surface area (Å²) in [7, 11) is 0. The fourth-order valence-corrected chi connectivity index (χ4v) is 2.08. The van der Waals surface area contributed by atoms with Gasteiger partial charge >= 0.3 is 0 Å².